The van der Waals surface area contributed by atoms with Crippen molar-refractivity contribution in [3.8, 4) is 0 Å². The monoisotopic (exact) mass is 221 g/mol. The van der Waals surface area contributed by atoms with Crippen molar-refractivity contribution < 1.29 is 9.59 Å². The van der Waals surface area contributed by atoms with Crippen molar-refractivity contribution in [2.75, 3.05) is 11.9 Å². The van der Waals surface area contributed by atoms with E-state index >= 15 is 0 Å². The molecule has 0 aliphatic carbocycles. The number of carbonyl (C=O) groups is 2. The number of anilines is 1. The maximum absolute atomic E-state index is 10.9. The number of nitrogens with one attached hydrogen (secondary N) is 2. The first-order valence-corrected chi connectivity index (χ1v) is 4.95. The molecule has 0 aliphatic heterocycles. The molecule has 0 saturated carbocycles. The van der Waals surface area contributed by atoms with Crippen LogP contribution in [0.3, 0.4) is 0 Å². The van der Waals surface area contributed by atoms with Gasteiger partial charge in [0, 0.05) is 19.2 Å². The third kappa shape index (κ3) is 4.10. The highest BCUT2D eigenvalue weighted by Gasteiger charge is 2.00. The Hall–Kier alpha value is -1.88. The van der Waals surface area contributed by atoms with Gasteiger partial charge in [-0.3, -0.25) is 9.59 Å². The molecule has 5 nitrogen and oxygen atoms in total. The van der Waals surface area contributed by atoms with E-state index in [2.05, 4.69) is 10.6 Å². The van der Waals surface area contributed by atoms with E-state index in [1.807, 2.05) is 12.1 Å². The van der Waals surface area contributed by atoms with Crippen LogP contribution in [0.15, 0.2) is 24.3 Å². The Morgan fingerprint density at radius 3 is 2.75 bits per heavy atom. The quantitative estimate of drug-likeness (QED) is 0.680. The molecule has 0 saturated heterocycles. The van der Waals surface area contributed by atoms with Gasteiger partial charge in [0.25, 0.3) is 0 Å². The number of carbonyl (C=O) groups excluding carboxylic acids is 2. The molecule has 16 heavy (non-hydrogen) atoms. The number of benzene rings is 1. The second-order valence-corrected chi connectivity index (χ2v) is 3.36. The summed E-state index contributed by atoms with van der Waals surface area (Å²) in [4.78, 5) is 21.8. The van der Waals surface area contributed by atoms with Gasteiger partial charge >= 0.3 is 0 Å². The summed E-state index contributed by atoms with van der Waals surface area (Å²) in [7, 11) is 0. The van der Waals surface area contributed by atoms with Crippen LogP contribution in [-0.2, 0) is 16.1 Å². The van der Waals surface area contributed by atoms with E-state index in [0.717, 1.165) is 5.56 Å². The molecule has 0 aromatic heterocycles. The van der Waals surface area contributed by atoms with Crippen LogP contribution in [0.2, 0.25) is 0 Å². The fourth-order valence-corrected chi connectivity index (χ4v) is 1.24. The highest BCUT2D eigenvalue weighted by atomic mass is 16.2. The zero-order valence-corrected chi connectivity index (χ0v) is 9.12. The van der Waals surface area contributed by atoms with Crippen LogP contribution in [0.4, 0.5) is 5.69 Å². The van der Waals surface area contributed by atoms with Gasteiger partial charge in [-0.2, -0.15) is 0 Å². The van der Waals surface area contributed by atoms with Crippen LogP contribution < -0.4 is 16.4 Å². The molecule has 1 aromatic carbocycles. The van der Waals surface area contributed by atoms with E-state index in [1.165, 1.54) is 6.92 Å². The standard InChI is InChI=1S/C11H15N3O2/c1-8(15)14-10-4-2-3-9(5-10)7-13-11(16)6-12/h2-5H,6-7,12H2,1H3,(H,13,16)(H,14,15). The zero-order chi connectivity index (χ0) is 12.0. The fourth-order valence-electron chi connectivity index (χ4n) is 1.24. The summed E-state index contributed by atoms with van der Waals surface area (Å²) in [5.74, 6) is -0.326. The molecule has 86 valence electrons. The number of hydrogen-bond acceptors (Lipinski definition) is 3. The number of nitrogens with two attached hydrogens (primary N) is 1. The third-order valence-electron chi connectivity index (χ3n) is 1.92. The van der Waals surface area contributed by atoms with Crippen LogP contribution in [0, 0.1) is 0 Å². The molecule has 1 rings (SSSR count). The molecule has 0 unspecified atom stereocenters. The molecular formula is C11H15N3O2. The van der Waals surface area contributed by atoms with E-state index < -0.39 is 0 Å². The van der Waals surface area contributed by atoms with E-state index in [9.17, 15) is 9.59 Å². The maximum Gasteiger partial charge on any atom is 0.234 e. The van der Waals surface area contributed by atoms with Crippen molar-refractivity contribution >= 4 is 17.5 Å². The smallest absolute Gasteiger partial charge is 0.234 e. The summed E-state index contributed by atoms with van der Waals surface area (Å²) in [6.07, 6.45) is 0. The minimum Gasteiger partial charge on any atom is -0.351 e. The van der Waals surface area contributed by atoms with Gasteiger partial charge in [-0.25, -0.2) is 0 Å². The summed E-state index contributed by atoms with van der Waals surface area (Å²) in [6, 6.07) is 7.27. The predicted octanol–water partition coefficient (Wildman–Crippen LogP) is 0.220. The topological polar surface area (TPSA) is 84.2 Å². The number of amides is 2. The van der Waals surface area contributed by atoms with Crippen molar-refractivity contribution in [1.29, 1.82) is 0 Å². The molecule has 4 N–H and O–H groups in total. The number of hydrogen-bond donors (Lipinski definition) is 3. The lowest BCUT2D eigenvalue weighted by atomic mass is 10.2. The van der Waals surface area contributed by atoms with Crippen molar-refractivity contribution in [3.05, 3.63) is 29.8 Å². The Kier molecular flexibility index (Phi) is 4.47. The van der Waals surface area contributed by atoms with E-state index in [0.29, 0.717) is 12.2 Å². The lowest BCUT2D eigenvalue weighted by Crippen LogP contribution is -2.29. The molecule has 0 spiro atoms. The second kappa shape index (κ2) is 5.87. The van der Waals surface area contributed by atoms with Crippen LogP contribution in [0.25, 0.3) is 0 Å². The molecular weight excluding hydrogens is 206 g/mol. The Morgan fingerprint density at radius 2 is 2.12 bits per heavy atom. The normalized spacial score (nSPS) is 9.62. The summed E-state index contributed by atoms with van der Waals surface area (Å²) < 4.78 is 0. The summed E-state index contributed by atoms with van der Waals surface area (Å²) in [6.45, 7) is 1.83. The van der Waals surface area contributed by atoms with Crippen molar-refractivity contribution in [3.63, 3.8) is 0 Å². The molecule has 5 heteroatoms. The van der Waals surface area contributed by atoms with Gasteiger partial charge in [0.1, 0.15) is 0 Å². The van der Waals surface area contributed by atoms with Crippen LogP contribution in [-0.4, -0.2) is 18.4 Å². The molecule has 0 atom stereocenters. The fraction of sp³-hybridized carbons (Fsp3) is 0.273. The lowest BCUT2D eigenvalue weighted by molar-refractivity contribution is -0.120. The van der Waals surface area contributed by atoms with Gasteiger partial charge in [0.15, 0.2) is 0 Å². The van der Waals surface area contributed by atoms with E-state index in [1.54, 1.807) is 12.1 Å². The van der Waals surface area contributed by atoms with Crippen molar-refractivity contribution in [2.24, 2.45) is 5.73 Å². The van der Waals surface area contributed by atoms with Gasteiger partial charge in [0.2, 0.25) is 11.8 Å². The minimum absolute atomic E-state index is 0.0224. The molecule has 0 radical (unpaired) electrons. The van der Waals surface area contributed by atoms with E-state index in [4.69, 9.17) is 5.73 Å². The average molecular weight is 221 g/mol. The summed E-state index contributed by atoms with van der Waals surface area (Å²) in [5, 5.41) is 5.32. The largest absolute Gasteiger partial charge is 0.351 e. The summed E-state index contributed by atoms with van der Waals surface area (Å²) in [5.41, 5.74) is 6.79. The summed E-state index contributed by atoms with van der Waals surface area (Å²) >= 11 is 0. The molecule has 2 amide bonds. The average Bonchev–Trinajstić information content (AvgIpc) is 2.25. The molecule has 1 aromatic rings. The maximum atomic E-state index is 10.9. The molecule has 0 aliphatic rings. The molecule has 0 heterocycles. The zero-order valence-electron chi connectivity index (χ0n) is 9.12. The van der Waals surface area contributed by atoms with Crippen molar-refractivity contribution in [2.45, 2.75) is 13.5 Å². The highest BCUT2D eigenvalue weighted by molar-refractivity contribution is 5.88. The SMILES string of the molecule is CC(=O)Nc1cccc(CNC(=O)CN)c1. The van der Waals surface area contributed by atoms with Gasteiger partial charge in [-0.1, -0.05) is 12.1 Å². The Morgan fingerprint density at radius 1 is 1.38 bits per heavy atom. The van der Waals surface area contributed by atoms with Crippen LogP contribution in [0.1, 0.15) is 12.5 Å². The Labute approximate surface area is 94.0 Å². The predicted molar refractivity (Wildman–Crippen MR) is 61.6 cm³/mol. The molecule has 0 bridgehead atoms. The minimum atomic E-state index is -0.204. The lowest BCUT2D eigenvalue weighted by Gasteiger charge is -2.06. The Bertz CT molecular complexity index is 391. The van der Waals surface area contributed by atoms with Gasteiger partial charge in [-0.05, 0) is 17.7 Å². The highest BCUT2D eigenvalue weighted by Crippen LogP contribution is 2.10. The van der Waals surface area contributed by atoms with Crippen LogP contribution in [0.5, 0.6) is 0 Å². The van der Waals surface area contributed by atoms with Gasteiger partial charge in [-0.15, -0.1) is 0 Å². The van der Waals surface area contributed by atoms with E-state index in [-0.39, 0.29) is 18.4 Å². The van der Waals surface area contributed by atoms with Crippen molar-refractivity contribution in [1.82, 2.24) is 5.32 Å². The van der Waals surface area contributed by atoms with Crippen LogP contribution >= 0.6 is 0 Å². The first-order valence-electron chi connectivity index (χ1n) is 4.95. The first kappa shape index (κ1) is 12.2. The first-order chi connectivity index (χ1) is 7.61. The Balaban J connectivity index is 2.60. The molecule has 0 fully saturated rings. The van der Waals surface area contributed by atoms with Gasteiger partial charge < -0.3 is 16.4 Å². The number of rotatable bonds is 4. The third-order valence-corrected chi connectivity index (χ3v) is 1.92. The van der Waals surface area contributed by atoms with Gasteiger partial charge in [0.05, 0.1) is 6.54 Å². The second-order valence-electron chi connectivity index (χ2n) is 3.36.